The molecule has 1 atom stereocenters. The first-order valence-electron chi connectivity index (χ1n) is 20.3. The molecule has 8 N–H and O–H groups in total. The molecule has 1 aliphatic heterocycles. The molecule has 8 aromatic rings. The second kappa shape index (κ2) is 30.6. The van der Waals surface area contributed by atoms with Gasteiger partial charge in [0, 0.05) is 118 Å². The molecular weight excluding hydrogens is 1040 g/mol. The third-order valence-corrected chi connectivity index (χ3v) is 8.91. The number of rotatable bonds is 7. The van der Waals surface area contributed by atoms with Crippen molar-refractivity contribution in [2.75, 3.05) is 39.4 Å². The molecule has 9 rings (SSSR count). The van der Waals surface area contributed by atoms with E-state index < -0.39 is 9.85 Å². The summed E-state index contributed by atoms with van der Waals surface area (Å²) in [7, 11) is 8.44. The third kappa shape index (κ3) is 17.6. The van der Waals surface area contributed by atoms with E-state index in [0.29, 0.717) is 28.2 Å². The molecular formula is C42H50ClIN20O6. The van der Waals surface area contributed by atoms with Gasteiger partial charge < -0.3 is 50.8 Å². The van der Waals surface area contributed by atoms with Gasteiger partial charge in [0.25, 0.3) is 0 Å². The number of carbonyl (C=O) groups is 1. The Morgan fingerprint density at radius 2 is 1.20 bits per heavy atom. The summed E-state index contributed by atoms with van der Waals surface area (Å²) < 4.78 is 13.4. The fourth-order valence-electron chi connectivity index (χ4n) is 5.27. The minimum absolute atomic E-state index is 0.0442. The predicted octanol–water partition coefficient (Wildman–Crippen LogP) is 6.34. The van der Waals surface area contributed by atoms with Gasteiger partial charge in [0.2, 0.25) is 17.8 Å². The Balaban J connectivity index is 0.000000299. The van der Waals surface area contributed by atoms with Gasteiger partial charge in [0.1, 0.15) is 34.8 Å². The number of anilines is 7. The van der Waals surface area contributed by atoms with E-state index in [-0.39, 0.29) is 28.2 Å². The van der Waals surface area contributed by atoms with Crippen molar-refractivity contribution in [1.82, 2.24) is 58.1 Å². The SMILES string of the molecule is CC#N.CO.Cn1ccnc1C1C(=O)Nc2cnccc21.Cn1ccnc1N.Cn1ccnc1Nc1ccncc1N.Cn1ccnc1Nc1ccncc1[N+](=O)[O-].O=[N+]([O-])c1cnccc1Cl.[2H]CI. The van der Waals surface area contributed by atoms with Crippen LogP contribution >= 0.6 is 34.2 Å². The zero-order chi connectivity index (χ0) is 52.9. The number of nitrogens with two attached hydrogens (primary N) is 2. The minimum atomic E-state index is -0.574. The number of aliphatic hydroxyl groups is 1. The maximum absolute atomic E-state index is 11.9. The van der Waals surface area contributed by atoms with Gasteiger partial charge in [0.05, 0.1) is 45.4 Å². The first-order valence-corrected chi connectivity index (χ1v) is 21.5. The number of nitriles is 1. The Hall–Kier alpha value is -8.62. The lowest BCUT2D eigenvalue weighted by Crippen LogP contribution is -2.16. The average Bonchev–Trinajstić information content (AvgIpc) is 4.21. The lowest BCUT2D eigenvalue weighted by atomic mass is 10.0. The van der Waals surface area contributed by atoms with Crippen LogP contribution in [0.15, 0.2) is 123 Å². The fraction of sp³-hybridized carbons (Fsp3) is 0.190. The van der Waals surface area contributed by atoms with Gasteiger partial charge in [-0.3, -0.25) is 45.0 Å². The first-order chi connectivity index (χ1) is 34.1. The maximum atomic E-state index is 11.9. The summed E-state index contributed by atoms with van der Waals surface area (Å²) >= 11 is 7.39. The molecule has 1 unspecified atom stereocenters. The van der Waals surface area contributed by atoms with Crippen molar-refractivity contribution in [1.29, 1.82) is 5.26 Å². The highest BCUT2D eigenvalue weighted by atomic mass is 127. The van der Waals surface area contributed by atoms with Crippen LogP contribution in [0.25, 0.3) is 0 Å². The highest BCUT2D eigenvalue weighted by Crippen LogP contribution is 2.35. The zero-order valence-corrected chi connectivity index (χ0v) is 41.4. The number of imidazole rings is 4. The number of nitrogen functional groups attached to an aromatic ring is 2. The molecule has 8 aromatic heterocycles. The number of alkyl halides is 1. The van der Waals surface area contributed by atoms with Crippen molar-refractivity contribution in [3.8, 4) is 6.07 Å². The molecule has 0 saturated carbocycles. The van der Waals surface area contributed by atoms with E-state index in [2.05, 4.69) is 55.8 Å². The molecule has 0 radical (unpaired) electrons. The fourth-order valence-corrected chi connectivity index (χ4v) is 5.44. The molecule has 368 valence electrons. The van der Waals surface area contributed by atoms with Gasteiger partial charge in [-0.05, 0) is 34.7 Å². The molecule has 26 nitrogen and oxygen atoms in total. The number of fused-ring (bicyclic) bond motifs is 1. The number of nitrogens with one attached hydrogen (secondary N) is 3. The number of hydrogen-bond acceptors (Lipinski definition) is 19. The predicted molar refractivity (Wildman–Crippen MR) is 273 cm³/mol. The quantitative estimate of drug-likeness (QED) is 0.0438. The summed E-state index contributed by atoms with van der Waals surface area (Å²) in [5.41, 5.74) is 14.3. The number of hydrogen-bond donors (Lipinski definition) is 6. The summed E-state index contributed by atoms with van der Waals surface area (Å²) in [5, 5.41) is 44.1. The highest BCUT2D eigenvalue weighted by Gasteiger charge is 2.34. The summed E-state index contributed by atoms with van der Waals surface area (Å²) in [4.78, 5) is 63.4. The Morgan fingerprint density at radius 1 is 0.743 bits per heavy atom. The van der Waals surface area contributed by atoms with E-state index >= 15 is 0 Å². The van der Waals surface area contributed by atoms with Crippen molar-refractivity contribution in [3.63, 3.8) is 0 Å². The van der Waals surface area contributed by atoms with Crippen LogP contribution < -0.4 is 27.4 Å². The van der Waals surface area contributed by atoms with Crippen molar-refractivity contribution in [3.05, 3.63) is 160 Å². The number of aryl methyl sites for hydroxylation is 4. The van der Waals surface area contributed by atoms with Crippen LogP contribution in [-0.2, 0) is 33.0 Å². The normalized spacial score (nSPS) is 11.2. The lowest BCUT2D eigenvalue weighted by molar-refractivity contribution is -0.385. The molecule has 0 fully saturated rings. The van der Waals surface area contributed by atoms with E-state index in [9.17, 15) is 25.0 Å². The molecule has 1 aliphatic rings. The van der Waals surface area contributed by atoms with Gasteiger partial charge in [-0.15, -0.1) is 0 Å². The van der Waals surface area contributed by atoms with Crippen LogP contribution in [0, 0.1) is 31.6 Å². The second-order valence-electron chi connectivity index (χ2n) is 13.1. The maximum Gasteiger partial charge on any atom is 0.310 e. The van der Waals surface area contributed by atoms with E-state index in [1.165, 1.54) is 37.6 Å². The molecule has 9 heterocycles. The number of aromatic nitrogens is 12. The van der Waals surface area contributed by atoms with Crippen LogP contribution in [-0.4, -0.2) is 91.0 Å². The average molecular weight is 1090 g/mol. The van der Waals surface area contributed by atoms with Crippen LogP contribution in [0.3, 0.4) is 0 Å². The van der Waals surface area contributed by atoms with Crippen molar-refractivity contribution < 1.29 is 21.1 Å². The van der Waals surface area contributed by atoms with Gasteiger partial charge in [-0.1, -0.05) is 34.2 Å². The summed E-state index contributed by atoms with van der Waals surface area (Å²) in [6.45, 7) is 1.43. The molecule has 1 amide bonds. The summed E-state index contributed by atoms with van der Waals surface area (Å²) in [5.74, 6) is 2.23. The molecule has 0 aliphatic carbocycles. The smallest absolute Gasteiger partial charge is 0.310 e. The molecule has 28 heteroatoms. The number of halogens is 2. The Kier molecular flexibility index (Phi) is 24.4. The second-order valence-corrected chi connectivity index (χ2v) is 13.5. The number of nitro groups is 2. The minimum Gasteiger partial charge on any atom is -0.400 e. The van der Waals surface area contributed by atoms with Crippen molar-refractivity contribution in [2.24, 2.45) is 28.2 Å². The van der Waals surface area contributed by atoms with Crippen LogP contribution in [0.5, 0.6) is 0 Å². The molecule has 70 heavy (non-hydrogen) atoms. The van der Waals surface area contributed by atoms with Gasteiger partial charge in [0.15, 0.2) is 5.95 Å². The van der Waals surface area contributed by atoms with E-state index in [1.807, 2.05) is 77.4 Å². The number of aliphatic hydroxyl groups excluding tert-OH is 1. The van der Waals surface area contributed by atoms with E-state index in [4.69, 9.17) is 34.8 Å². The van der Waals surface area contributed by atoms with Gasteiger partial charge in [-0.25, -0.2) is 19.9 Å². The van der Waals surface area contributed by atoms with Crippen LogP contribution in [0.1, 0.15) is 25.6 Å². The third-order valence-electron chi connectivity index (χ3n) is 8.59. The topological polar surface area (TPSA) is 358 Å². The summed E-state index contributed by atoms with van der Waals surface area (Å²) in [6.07, 6.45) is 25.8. The van der Waals surface area contributed by atoms with Crippen molar-refractivity contribution in [2.45, 2.75) is 12.8 Å². The van der Waals surface area contributed by atoms with E-state index in [1.54, 1.807) is 84.2 Å². The number of nitrogens with zero attached hydrogens (tertiary/aromatic N) is 15. The monoisotopic (exact) mass is 1090 g/mol. The molecule has 0 saturated heterocycles. The standard InChI is InChI=1S/C11H10N4O.C9H9N5O2.C9H11N5.C5H3ClN2O2.C4H7N3.C2H3N.CH3I.CH4O/c1-15-5-4-13-10(15)9-7-2-3-12-6-8(7)14-11(9)16;1-13-5-4-11-9(13)12-7-2-3-10-6-8(7)14(15)16;1-14-5-4-12-9(14)13-8-2-3-11-6-7(8)10;6-4-1-2-7-3-5(4)8(9)10;1-7-3-2-6-4(7)5;1-2-3;2*1-2/h2-6,9H,1H3,(H,14,16);2-6H,1H3,(H,10,11,12);2-6H,10H2,1H3,(H,11,12,13);1-3H;2-3H,1H3,(H2,5,6);1H3;1H3;2H,1H3/i;;;;;;1D;. The highest BCUT2D eigenvalue weighted by molar-refractivity contribution is 14.1. The lowest BCUT2D eigenvalue weighted by Gasteiger charge is -2.08. The largest absolute Gasteiger partial charge is 0.400 e. The number of carbonyl (C=O) groups excluding carboxylic acids is 1. The first kappa shape index (κ1) is 55.7. The Bertz CT molecular complexity index is 2910. The Morgan fingerprint density at radius 3 is 1.64 bits per heavy atom. The van der Waals surface area contributed by atoms with Crippen LogP contribution in [0.4, 0.5) is 52.0 Å². The zero-order valence-electron chi connectivity index (χ0n) is 39.4. The Labute approximate surface area is 421 Å². The van der Waals surface area contributed by atoms with Gasteiger partial charge >= 0.3 is 11.4 Å². The van der Waals surface area contributed by atoms with Gasteiger partial charge in [-0.2, -0.15) is 5.26 Å². The molecule has 0 spiro atoms. The molecule has 0 aromatic carbocycles. The number of pyridine rings is 4. The molecule has 0 bridgehead atoms. The summed E-state index contributed by atoms with van der Waals surface area (Å²) in [6, 6.07) is 8.32. The van der Waals surface area contributed by atoms with Crippen LogP contribution in [0.2, 0.25) is 5.02 Å². The van der Waals surface area contributed by atoms with E-state index in [0.717, 1.165) is 42.0 Å². The van der Waals surface area contributed by atoms with Crippen molar-refractivity contribution >= 4 is 92.1 Å². The number of amides is 1.